The molecule has 0 amide bonds. The molecular weight excluding hydrogens is 378 g/mol. The van der Waals surface area contributed by atoms with E-state index in [2.05, 4.69) is 27.3 Å². The van der Waals surface area contributed by atoms with Crippen molar-refractivity contribution in [2.75, 3.05) is 36.2 Å². The molecule has 28 heavy (non-hydrogen) atoms. The van der Waals surface area contributed by atoms with E-state index in [9.17, 15) is 8.42 Å². The summed E-state index contributed by atoms with van der Waals surface area (Å²) < 4.78 is 30.0. The van der Waals surface area contributed by atoms with Gasteiger partial charge in [-0.3, -0.25) is 5.10 Å². The van der Waals surface area contributed by atoms with E-state index in [1.54, 1.807) is 0 Å². The number of hydrogen-bond donors (Lipinski definition) is 2. The maximum Gasteiger partial charge on any atom is 0.157 e. The van der Waals surface area contributed by atoms with Crippen LogP contribution in [0.1, 0.15) is 36.6 Å². The van der Waals surface area contributed by atoms with Crippen LogP contribution in [0.25, 0.3) is 0 Å². The Bertz CT molecular complexity index is 997. The molecule has 1 saturated carbocycles. The summed E-state index contributed by atoms with van der Waals surface area (Å²) in [5.41, 5.74) is 2.57. The van der Waals surface area contributed by atoms with Gasteiger partial charge in [0, 0.05) is 18.9 Å². The van der Waals surface area contributed by atoms with E-state index in [4.69, 9.17) is 9.72 Å². The summed E-state index contributed by atoms with van der Waals surface area (Å²) in [6.45, 7) is 7.92. The molecule has 3 heterocycles. The Morgan fingerprint density at radius 2 is 2.07 bits per heavy atom. The summed E-state index contributed by atoms with van der Waals surface area (Å²) in [6.07, 6.45) is 2.64. The number of nitrogens with zero attached hydrogens (tertiary/aromatic N) is 3. The molecule has 2 aromatic rings. The van der Waals surface area contributed by atoms with Gasteiger partial charge < -0.3 is 15.0 Å². The standard InChI is InChI=1S/C19H27N5O3S/c1-12-9-16(23-22-12)20-18-14(3)15(19(5-6-19)28(4,25)26)10-17(21-18)24-7-8-27-11-13(24)2/h9-10,13H,5-8,11H2,1-4H3,(H2,20,21,22,23). The van der Waals surface area contributed by atoms with Gasteiger partial charge in [-0.05, 0) is 50.8 Å². The highest BCUT2D eigenvalue weighted by Gasteiger charge is 2.54. The number of anilines is 3. The Hall–Kier alpha value is -2.13. The number of H-pyrrole nitrogens is 1. The largest absolute Gasteiger partial charge is 0.377 e. The zero-order valence-electron chi connectivity index (χ0n) is 16.7. The minimum absolute atomic E-state index is 0.174. The minimum atomic E-state index is -3.23. The van der Waals surface area contributed by atoms with E-state index in [1.807, 2.05) is 26.0 Å². The monoisotopic (exact) mass is 405 g/mol. The first-order valence-corrected chi connectivity index (χ1v) is 11.5. The molecule has 8 nitrogen and oxygen atoms in total. The van der Waals surface area contributed by atoms with Gasteiger partial charge in [0.05, 0.1) is 29.7 Å². The second kappa shape index (κ2) is 6.73. The Labute approximate surface area is 165 Å². The van der Waals surface area contributed by atoms with Crippen molar-refractivity contribution in [1.29, 1.82) is 0 Å². The van der Waals surface area contributed by atoms with Crippen molar-refractivity contribution in [3.8, 4) is 0 Å². The number of aryl methyl sites for hydroxylation is 1. The molecule has 1 saturated heterocycles. The fourth-order valence-corrected chi connectivity index (χ4v) is 5.43. The number of aromatic nitrogens is 3. The van der Waals surface area contributed by atoms with E-state index < -0.39 is 14.6 Å². The Kier molecular flexibility index (Phi) is 4.62. The number of morpholine rings is 1. The molecule has 1 aliphatic heterocycles. The number of rotatable bonds is 5. The van der Waals surface area contributed by atoms with E-state index in [0.717, 1.165) is 35.0 Å². The van der Waals surface area contributed by atoms with Crippen molar-refractivity contribution in [3.63, 3.8) is 0 Å². The molecular formula is C19H27N5O3S. The lowest BCUT2D eigenvalue weighted by atomic mass is 10.0. The molecule has 1 atom stereocenters. The van der Waals surface area contributed by atoms with Crippen LogP contribution in [0.15, 0.2) is 12.1 Å². The van der Waals surface area contributed by atoms with Crippen LogP contribution in [0.4, 0.5) is 17.5 Å². The fraction of sp³-hybridized carbons (Fsp3) is 0.579. The topological polar surface area (TPSA) is 100 Å². The first-order valence-electron chi connectivity index (χ1n) is 9.56. The number of pyridine rings is 1. The second-order valence-electron chi connectivity index (χ2n) is 7.93. The Morgan fingerprint density at radius 3 is 2.64 bits per heavy atom. The lowest BCUT2D eigenvalue weighted by Gasteiger charge is -2.35. The highest BCUT2D eigenvalue weighted by atomic mass is 32.2. The van der Waals surface area contributed by atoms with Crippen molar-refractivity contribution in [1.82, 2.24) is 15.2 Å². The second-order valence-corrected chi connectivity index (χ2v) is 10.3. The summed E-state index contributed by atoms with van der Waals surface area (Å²) in [7, 11) is -3.23. The highest BCUT2D eigenvalue weighted by Crippen LogP contribution is 2.54. The van der Waals surface area contributed by atoms with Gasteiger partial charge >= 0.3 is 0 Å². The number of aromatic amines is 1. The third kappa shape index (κ3) is 3.26. The van der Waals surface area contributed by atoms with Crippen molar-refractivity contribution in [2.24, 2.45) is 0 Å². The normalized spacial score (nSPS) is 21.6. The highest BCUT2D eigenvalue weighted by molar-refractivity contribution is 7.92. The van der Waals surface area contributed by atoms with Gasteiger partial charge in [0.2, 0.25) is 0 Å². The van der Waals surface area contributed by atoms with E-state index >= 15 is 0 Å². The molecule has 2 aliphatic rings. The number of sulfone groups is 1. The van der Waals surface area contributed by atoms with Gasteiger partial charge in [0.25, 0.3) is 0 Å². The van der Waals surface area contributed by atoms with E-state index in [1.165, 1.54) is 6.26 Å². The molecule has 4 rings (SSSR count). The molecule has 0 aromatic carbocycles. The molecule has 1 aliphatic carbocycles. The molecule has 2 fully saturated rings. The van der Waals surface area contributed by atoms with Crippen LogP contribution in [0.2, 0.25) is 0 Å². The van der Waals surface area contributed by atoms with Gasteiger partial charge in [-0.1, -0.05) is 0 Å². The van der Waals surface area contributed by atoms with Crippen molar-refractivity contribution in [3.05, 3.63) is 29.0 Å². The van der Waals surface area contributed by atoms with Crippen molar-refractivity contribution >= 4 is 27.3 Å². The molecule has 1 unspecified atom stereocenters. The maximum atomic E-state index is 12.6. The summed E-state index contributed by atoms with van der Waals surface area (Å²) in [5, 5.41) is 10.4. The summed E-state index contributed by atoms with van der Waals surface area (Å²) in [6, 6.07) is 4.04. The molecule has 0 spiro atoms. The molecule has 2 N–H and O–H groups in total. The van der Waals surface area contributed by atoms with Gasteiger partial charge in [0.15, 0.2) is 9.84 Å². The number of nitrogens with one attached hydrogen (secondary N) is 2. The minimum Gasteiger partial charge on any atom is -0.377 e. The molecule has 2 aromatic heterocycles. The van der Waals surface area contributed by atoms with E-state index in [-0.39, 0.29) is 6.04 Å². The average Bonchev–Trinajstić information content (AvgIpc) is 3.35. The predicted octanol–water partition coefficient (Wildman–Crippen LogP) is 2.42. The molecule has 152 valence electrons. The van der Waals surface area contributed by atoms with Gasteiger partial charge in [0.1, 0.15) is 17.5 Å². The van der Waals surface area contributed by atoms with Crippen molar-refractivity contribution < 1.29 is 13.2 Å². The third-order valence-corrected chi connectivity index (χ3v) is 7.83. The van der Waals surface area contributed by atoms with Crippen LogP contribution in [0.5, 0.6) is 0 Å². The quantitative estimate of drug-likeness (QED) is 0.788. The van der Waals surface area contributed by atoms with Crippen LogP contribution >= 0.6 is 0 Å². The SMILES string of the molecule is Cc1cc(Nc2nc(N3CCOCC3C)cc(C3(S(C)(=O)=O)CC3)c2C)[nH]n1. The first kappa shape index (κ1) is 19.2. The van der Waals surface area contributed by atoms with Gasteiger partial charge in [-0.25, -0.2) is 13.4 Å². The van der Waals surface area contributed by atoms with Crippen LogP contribution in [-0.2, 0) is 19.3 Å². The van der Waals surface area contributed by atoms with Crippen LogP contribution < -0.4 is 10.2 Å². The van der Waals surface area contributed by atoms with Crippen LogP contribution in [0, 0.1) is 13.8 Å². The number of hydrogen-bond acceptors (Lipinski definition) is 7. The number of ether oxygens (including phenoxy) is 1. The van der Waals surface area contributed by atoms with Gasteiger partial charge in [-0.2, -0.15) is 5.10 Å². The zero-order chi connectivity index (χ0) is 20.1. The molecule has 0 bridgehead atoms. The lowest BCUT2D eigenvalue weighted by molar-refractivity contribution is 0.0985. The maximum absolute atomic E-state index is 12.6. The molecule has 9 heteroatoms. The Balaban J connectivity index is 1.83. The van der Waals surface area contributed by atoms with E-state index in [0.29, 0.717) is 31.9 Å². The summed E-state index contributed by atoms with van der Waals surface area (Å²) in [4.78, 5) is 7.04. The first-order chi connectivity index (χ1) is 13.2. The van der Waals surface area contributed by atoms with Crippen LogP contribution in [-0.4, -0.2) is 55.7 Å². The molecule has 0 radical (unpaired) electrons. The summed E-state index contributed by atoms with van der Waals surface area (Å²) >= 11 is 0. The average molecular weight is 406 g/mol. The van der Waals surface area contributed by atoms with Gasteiger partial charge in [-0.15, -0.1) is 0 Å². The smallest absolute Gasteiger partial charge is 0.157 e. The Morgan fingerprint density at radius 1 is 1.32 bits per heavy atom. The summed E-state index contributed by atoms with van der Waals surface area (Å²) in [5.74, 6) is 2.17. The third-order valence-electron chi connectivity index (χ3n) is 5.78. The van der Waals surface area contributed by atoms with Crippen LogP contribution in [0.3, 0.4) is 0 Å². The predicted molar refractivity (Wildman–Crippen MR) is 109 cm³/mol. The lowest BCUT2D eigenvalue weighted by Crippen LogP contribution is -2.44. The fourth-order valence-electron chi connectivity index (χ4n) is 3.97. The zero-order valence-corrected chi connectivity index (χ0v) is 17.6. The van der Waals surface area contributed by atoms with Crippen molar-refractivity contribution in [2.45, 2.75) is 44.4 Å².